The number of urea groups is 1. The number of piperidine rings is 1. The highest BCUT2D eigenvalue weighted by Crippen LogP contribution is 2.29. The number of amides is 2. The zero-order chi connectivity index (χ0) is 18.5. The Kier molecular flexibility index (Phi) is 6.14. The second-order valence-corrected chi connectivity index (χ2v) is 7.49. The summed E-state index contributed by atoms with van der Waals surface area (Å²) in [6.45, 7) is 1.80. The minimum atomic E-state index is -0.253. The summed E-state index contributed by atoms with van der Waals surface area (Å²) in [5, 5.41) is 12.3. The van der Waals surface area contributed by atoms with Gasteiger partial charge < -0.3 is 15.3 Å². The van der Waals surface area contributed by atoms with Crippen molar-refractivity contribution in [2.75, 3.05) is 19.6 Å². The summed E-state index contributed by atoms with van der Waals surface area (Å²) in [6.07, 6.45) is 2.26. The lowest BCUT2D eigenvalue weighted by molar-refractivity contribution is 0.181. The molecule has 0 radical (unpaired) electrons. The van der Waals surface area contributed by atoms with E-state index in [0.717, 1.165) is 17.3 Å². The van der Waals surface area contributed by atoms with Gasteiger partial charge in [0, 0.05) is 24.1 Å². The van der Waals surface area contributed by atoms with Crippen molar-refractivity contribution in [3.05, 3.63) is 63.9 Å². The number of carbonyl (C=O) groups is 1. The Morgan fingerprint density at radius 1 is 1.19 bits per heavy atom. The van der Waals surface area contributed by atoms with Crippen LogP contribution in [0.2, 0.25) is 0 Å². The number of hydrogen-bond acceptors (Lipinski definition) is 2. The molecule has 2 aromatic carbocycles. The molecule has 2 N–H and O–H groups in total. The predicted octanol–water partition coefficient (Wildman–Crippen LogP) is 4.43. The number of halogens is 2. The van der Waals surface area contributed by atoms with Gasteiger partial charge in [-0.25, -0.2) is 9.18 Å². The van der Waals surface area contributed by atoms with E-state index >= 15 is 0 Å². The molecule has 4 nitrogen and oxygen atoms in total. The number of hydrogen-bond donors (Lipinski definition) is 2. The number of aromatic hydroxyl groups is 1. The standard InChI is InChI=1S/C20H22BrFN2O2/c21-17-3-6-19(22)16(13-17)7-10-23-20(26)24-11-8-15(9-12-24)14-1-4-18(25)5-2-14/h1-6,13,15,25H,7-12H2,(H,23,26). The summed E-state index contributed by atoms with van der Waals surface area (Å²) in [5.41, 5.74) is 1.79. The largest absolute Gasteiger partial charge is 0.508 e. The number of carbonyl (C=O) groups excluding carboxylic acids is 1. The van der Waals surface area contributed by atoms with E-state index < -0.39 is 0 Å². The minimum Gasteiger partial charge on any atom is -0.508 e. The fourth-order valence-electron chi connectivity index (χ4n) is 3.31. The highest BCUT2D eigenvalue weighted by molar-refractivity contribution is 9.10. The summed E-state index contributed by atoms with van der Waals surface area (Å²) < 4.78 is 14.5. The maximum atomic E-state index is 13.7. The van der Waals surface area contributed by atoms with Crippen molar-refractivity contribution < 1.29 is 14.3 Å². The molecule has 138 valence electrons. The summed E-state index contributed by atoms with van der Waals surface area (Å²) >= 11 is 3.33. The van der Waals surface area contributed by atoms with Crippen LogP contribution in [0.25, 0.3) is 0 Å². The molecule has 1 fully saturated rings. The van der Waals surface area contributed by atoms with Crippen molar-refractivity contribution in [2.45, 2.75) is 25.2 Å². The van der Waals surface area contributed by atoms with Gasteiger partial charge in [0.2, 0.25) is 0 Å². The normalized spacial score (nSPS) is 15.1. The Bertz CT molecular complexity index is 759. The van der Waals surface area contributed by atoms with Gasteiger partial charge in [0.1, 0.15) is 11.6 Å². The first-order chi connectivity index (χ1) is 12.5. The van der Waals surface area contributed by atoms with Crippen LogP contribution in [-0.4, -0.2) is 35.7 Å². The number of phenolic OH excluding ortho intramolecular Hbond substituents is 1. The van der Waals surface area contributed by atoms with Crippen LogP contribution >= 0.6 is 15.9 Å². The Morgan fingerprint density at radius 3 is 2.58 bits per heavy atom. The van der Waals surface area contributed by atoms with E-state index in [1.54, 1.807) is 24.3 Å². The van der Waals surface area contributed by atoms with Crippen molar-refractivity contribution in [2.24, 2.45) is 0 Å². The predicted molar refractivity (Wildman–Crippen MR) is 103 cm³/mol. The van der Waals surface area contributed by atoms with Crippen LogP contribution in [0.4, 0.5) is 9.18 Å². The summed E-state index contributed by atoms with van der Waals surface area (Å²) in [7, 11) is 0. The molecule has 0 aromatic heterocycles. The average molecular weight is 421 g/mol. The summed E-state index contributed by atoms with van der Waals surface area (Å²) in [6, 6.07) is 12.0. The van der Waals surface area contributed by atoms with Crippen LogP contribution in [0.5, 0.6) is 5.75 Å². The Hall–Kier alpha value is -2.08. The van der Waals surface area contributed by atoms with Crippen molar-refractivity contribution in [1.29, 1.82) is 0 Å². The number of phenols is 1. The zero-order valence-electron chi connectivity index (χ0n) is 14.4. The quantitative estimate of drug-likeness (QED) is 0.768. The molecular weight excluding hydrogens is 399 g/mol. The average Bonchev–Trinajstić information content (AvgIpc) is 2.65. The van der Waals surface area contributed by atoms with Crippen LogP contribution in [0.15, 0.2) is 46.9 Å². The SMILES string of the molecule is O=C(NCCc1cc(Br)ccc1F)N1CCC(c2ccc(O)cc2)CC1. The number of nitrogens with zero attached hydrogens (tertiary/aromatic N) is 1. The molecule has 0 spiro atoms. The molecule has 2 aromatic rings. The van der Waals surface area contributed by atoms with Gasteiger partial charge in [-0.15, -0.1) is 0 Å². The Balaban J connectivity index is 1.45. The second-order valence-electron chi connectivity index (χ2n) is 6.57. The van der Waals surface area contributed by atoms with E-state index in [0.29, 0.717) is 37.5 Å². The molecule has 1 saturated heterocycles. The molecule has 6 heteroatoms. The van der Waals surface area contributed by atoms with Crippen LogP contribution in [0.3, 0.4) is 0 Å². The van der Waals surface area contributed by atoms with Crippen LogP contribution < -0.4 is 5.32 Å². The van der Waals surface area contributed by atoms with Gasteiger partial charge in [-0.1, -0.05) is 28.1 Å². The van der Waals surface area contributed by atoms with E-state index in [2.05, 4.69) is 21.2 Å². The topological polar surface area (TPSA) is 52.6 Å². The molecule has 0 bridgehead atoms. The molecular formula is C20H22BrFN2O2. The molecule has 1 aliphatic heterocycles. The smallest absolute Gasteiger partial charge is 0.317 e. The highest BCUT2D eigenvalue weighted by Gasteiger charge is 2.23. The summed E-state index contributed by atoms with van der Waals surface area (Å²) in [4.78, 5) is 14.1. The third-order valence-corrected chi connectivity index (χ3v) is 5.32. The monoisotopic (exact) mass is 420 g/mol. The number of nitrogens with one attached hydrogen (secondary N) is 1. The van der Waals surface area contributed by atoms with Gasteiger partial charge >= 0.3 is 6.03 Å². The number of rotatable bonds is 4. The van der Waals surface area contributed by atoms with E-state index in [1.807, 2.05) is 17.0 Å². The molecule has 2 amide bonds. The van der Waals surface area contributed by atoms with Crippen LogP contribution in [0, 0.1) is 5.82 Å². The zero-order valence-corrected chi connectivity index (χ0v) is 16.0. The van der Waals surface area contributed by atoms with E-state index in [-0.39, 0.29) is 17.6 Å². The van der Waals surface area contributed by atoms with Crippen molar-refractivity contribution in [3.63, 3.8) is 0 Å². The van der Waals surface area contributed by atoms with Gasteiger partial charge in [-0.05, 0) is 66.6 Å². The first-order valence-corrected chi connectivity index (χ1v) is 9.58. The molecule has 0 unspecified atom stereocenters. The number of likely N-dealkylation sites (tertiary alicyclic amines) is 1. The lowest BCUT2D eigenvalue weighted by Gasteiger charge is -2.32. The summed E-state index contributed by atoms with van der Waals surface area (Å²) in [5.74, 6) is 0.431. The van der Waals surface area contributed by atoms with Gasteiger partial charge in [0.25, 0.3) is 0 Å². The first kappa shape index (κ1) is 18.7. The molecule has 1 aliphatic rings. The van der Waals surface area contributed by atoms with Gasteiger partial charge in [0.15, 0.2) is 0 Å². The Labute approximate surface area is 161 Å². The lowest BCUT2D eigenvalue weighted by atomic mass is 9.89. The third kappa shape index (κ3) is 4.75. The maximum Gasteiger partial charge on any atom is 0.317 e. The number of benzene rings is 2. The lowest BCUT2D eigenvalue weighted by Crippen LogP contribution is -2.44. The fourth-order valence-corrected chi connectivity index (χ4v) is 3.72. The van der Waals surface area contributed by atoms with Crippen molar-refractivity contribution >= 4 is 22.0 Å². The van der Waals surface area contributed by atoms with E-state index in [1.165, 1.54) is 11.6 Å². The molecule has 0 aliphatic carbocycles. The van der Waals surface area contributed by atoms with Crippen LogP contribution in [-0.2, 0) is 6.42 Å². The van der Waals surface area contributed by atoms with Crippen molar-refractivity contribution in [3.8, 4) is 5.75 Å². The van der Waals surface area contributed by atoms with Gasteiger partial charge in [-0.3, -0.25) is 0 Å². The van der Waals surface area contributed by atoms with Gasteiger partial charge in [-0.2, -0.15) is 0 Å². The third-order valence-electron chi connectivity index (χ3n) is 4.82. The first-order valence-electron chi connectivity index (χ1n) is 8.78. The van der Waals surface area contributed by atoms with E-state index in [4.69, 9.17) is 0 Å². The highest BCUT2D eigenvalue weighted by atomic mass is 79.9. The molecule has 0 saturated carbocycles. The van der Waals surface area contributed by atoms with Crippen LogP contribution in [0.1, 0.15) is 29.9 Å². The van der Waals surface area contributed by atoms with E-state index in [9.17, 15) is 14.3 Å². The molecule has 3 rings (SSSR count). The molecule has 0 atom stereocenters. The maximum absolute atomic E-state index is 13.7. The Morgan fingerprint density at radius 2 is 1.88 bits per heavy atom. The fraction of sp³-hybridized carbons (Fsp3) is 0.350. The second kappa shape index (κ2) is 8.54. The minimum absolute atomic E-state index is 0.0930. The van der Waals surface area contributed by atoms with Crippen molar-refractivity contribution in [1.82, 2.24) is 10.2 Å². The van der Waals surface area contributed by atoms with Gasteiger partial charge in [0.05, 0.1) is 0 Å². The molecule has 26 heavy (non-hydrogen) atoms. The molecule has 1 heterocycles.